The van der Waals surface area contributed by atoms with E-state index in [1.807, 2.05) is 13.0 Å². The SMILES string of the molecule is CCCNC(=NCc1ccc(OC)c(O)c1)NCC.I. The summed E-state index contributed by atoms with van der Waals surface area (Å²) in [6.07, 6.45) is 1.05. The first-order chi connectivity index (χ1) is 9.21. The highest BCUT2D eigenvalue weighted by atomic mass is 127. The van der Waals surface area contributed by atoms with Crippen LogP contribution in [0.15, 0.2) is 23.2 Å². The van der Waals surface area contributed by atoms with Gasteiger partial charge in [-0.05, 0) is 31.0 Å². The van der Waals surface area contributed by atoms with Gasteiger partial charge in [-0.3, -0.25) is 0 Å². The molecule has 0 unspecified atom stereocenters. The van der Waals surface area contributed by atoms with Crippen LogP contribution in [-0.4, -0.2) is 31.3 Å². The normalized spacial score (nSPS) is 10.7. The number of ether oxygens (including phenoxy) is 1. The first-order valence-electron chi connectivity index (χ1n) is 6.59. The van der Waals surface area contributed by atoms with Gasteiger partial charge in [-0.1, -0.05) is 13.0 Å². The molecule has 0 radical (unpaired) electrons. The Hall–Kier alpha value is -1.18. The fourth-order valence-electron chi connectivity index (χ4n) is 1.59. The third kappa shape index (κ3) is 6.31. The van der Waals surface area contributed by atoms with Crippen molar-refractivity contribution in [2.45, 2.75) is 26.8 Å². The second-order valence-electron chi connectivity index (χ2n) is 4.13. The Morgan fingerprint density at radius 3 is 2.60 bits per heavy atom. The first kappa shape index (κ1) is 18.8. The van der Waals surface area contributed by atoms with Gasteiger partial charge in [0.15, 0.2) is 17.5 Å². The summed E-state index contributed by atoms with van der Waals surface area (Å²) in [4.78, 5) is 4.46. The molecule has 0 aliphatic heterocycles. The lowest BCUT2D eigenvalue weighted by molar-refractivity contribution is 0.373. The van der Waals surface area contributed by atoms with Crippen molar-refractivity contribution in [2.24, 2.45) is 4.99 Å². The molecule has 0 saturated heterocycles. The van der Waals surface area contributed by atoms with Crippen molar-refractivity contribution < 1.29 is 9.84 Å². The Bertz CT molecular complexity index is 425. The van der Waals surface area contributed by atoms with Crippen LogP contribution in [0.4, 0.5) is 0 Å². The zero-order chi connectivity index (χ0) is 14.1. The van der Waals surface area contributed by atoms with Crippen molar-refractivity contribution in [3.63, 3.8) is 0 Å². The van der Waals surface area contributed by atoms with Crippen LogP contribution in [0.25, 0.3) is 0 Å². The van der Waals surface area contributed by atoms with E-state index in [1.54, 1.807) is 12.1 Å². The van der Waals surface area contributed by atoms with Gasteiger partial charge in [0.05, 0.1) is 13.7 Å². The lowest BCUT2D eigenvalue weighted by Gasteiger charge is -2.10. The lowest BCUT2D eigenvalue weighted by atomic mass is 10.2. The summed E-state index contributed by atoms with van der Waals surface area (Å²) in [7, 11) is 1.53. The van der Waals surface area contributed by atoms with Crippen molar-refractivity contribution in [1.82, 2.24) is 10.6 Å². The number of hydrogen-bond donors (Lipinski definition) is 3. The summed E-state index contributed by atoms with van der Waals surface area (Å²) in [5, 5.41) is 16.1. The number of benzene rings is 1. The predicted octanol–water partition coefficient (Wildman–Crippen LogP) is 2.48. The van der Waals surface area contributed by atoms with E-state index in [1.165, 1.54) is 7.11 Å². The summed E-state index contributed by atoms with van der Waals surface area (Å²) < 4.78 is 5.01. The largest absolute Gasteiger partial charge is 0.504 e. The monoisotopic (exact) mass is 393 g/mol. The highest BCUT2D eigenvalue weighted by Gasteiger charge is 2.02. The molecule has 0 bridgehead atoms. The second-order valence-corrected chi connectivity index (χ2v) is 4.13. The fraction of sp³-hybridized carbons (Fsp3) is 0.500. The Morgan fingerprint density at radius 1 is 1.30 bits per heavy atom. The Balaban J connectivity index is 0.00000361. The van der Waals surface area contributed by atoms with Gasteiger partial charge in [0.1, 0.15) is 0 Å². The van der Waals surface area contributed by atoms with Crippen molar-refractivity contribution in [1.29, 1.82) is 0 Å². The molecule has 6 heteroatoms. The van der Waals surface area contributed by atoms with Crippen LogP contribution in [0.3, 0.4) is 0 Å². The van der Waals surface area contributed by atoms with E-state index in [0.29, 0.717) is 12.3 Å². The average molecular weight is 393 g/mol. The number of nitrogens with one attached hydrogen (secondary N) is 2. The van der Waals surface area contributed by atoms with Gasteiger partial charge in [0.25, 0.3) is 0 Å². The third-order valence-electron chi connectivity index (χ3n) is 2.55. The van der Waals surface area contributed by atoms with Crippen LogP contribution >= 0.6 is 24.0 Å². The third-order valence-corrected chi connectivity index (χ3v) is 2.55. The Labute approximate surface area is 137 Å². The Morgan fingerprint density at radius 2 is 2.05 bits per heavy atom. The molecule has 0 fully saturated rings. The maximum atomic E-state index is 9.70. The molecule has 20 heavy (non-hydrogen) atoms. The van der Waals surface area contributed by atoms with Gasteiger partial charge in [-0.2, -0.15) is 0 Å². The van der Waals surface area contributed by atoms with E-state index in [9.17, 15) is 5.11 Å². The zero-order valence-electron chi connectivity index (χ0n) is 12.3. The molecule has 0 aromatic heterocycles. The molecule has 1 aromatic rings. The molecule has 1 rings (SSSR count). The summed E-state index contributed by atoms with van der Waals surface area (Å²) in [5.41, 5.74) is 0.937. The molecule has 0 amide bonds. The number of aliphatic imine (C=N–C) groups is 1. The van der Waals surface area contributed by atoms with Gasteiger partial charge in [0, 0.05) is 13.1 Å². The lowest BCUT2D eigenvalue weighted by Crippen LogP contribution is -2.37. The number of phenolic OH excluding ortho intramolecular Hbond substituents is 1. The van der Waals surface area contributed by atoms with E-state index in [0.717, 1.165) is 31.0 Å². The van der Waals surface area contributed by atoms with Crippen LogP contribution in [-0.2, 0) is 6.54 Å². The molecule has 0 saturated carbocycles. The van der Waals surface area contributed by atoms with Crippen molar-refractivity contribution in [3.8, 4) is 11.5 Å². The minimum atomic E-state index is 0. The maximum absolute atomic E-state index is 9.70. The quantitative estimate of drug-likeness (QED) is 0.395. The van der Waals surface area contributed by atoms with E-state index >= 15 is 0 Å². The molecule has 0 spiro atoms. The van der Waals surface area contributed by atoms with Gasteiger partial charge < -0.3 is 20.5 Å². The molecular formula is C14H24IN3O2. The van der Waals surface area contributed by atoms with Crippen LogP contribution in [0.2, 0.25) is 0 Å². The maximum Gasteiger partial charge on any atom is 0.191 e. The molecule has 0 aliphatic rings. The summed E-state index contributed by atoms with van der Waals surface area (Å²) >= 11 is 0. The molecule has 3 N–H and O–H groups in total. The summed E-state index contributed by atoms with van der Waals surface area (Å²) in [6, 6.07) is 5.31. The molecule has 114 valence electrons. The number of aromatic hydroxyl groups is 1. The van der Waals surface area contributed by atoms with Gasteiger partial charge in [-0.15, -0.1) is 24.0 Å². The van der Waals surface area contributed by atoms with Gasteiger partial charge in [-0.25, -0.2) is 4.99 Å². The molecular weight excluding hydrogens is 369 g/mol. The van der Waals surface area contributed by atoms with Crippen LogP contribution in [0, 0.1) is 0 Å². The molecule has 1 aromatic carbocycles. The number of rotatable bonds is 6. The second kappa shape index (κ2) is 10.6. The van der Waals surface area contributed by atoms with Crippen LogP contribution < -0.4 is 15.4 Å². The summed E-state index contributed by atoms with van der Waals surface area (Å²) in [6.45, 7) is 6.36. The van der Waals surface area contributed by atoms with E-state index < -0.39 is 0 Å². The van der Waals surface area contributed by atoms with E-state index in [4.69, 9.17) is 4.74 Å². The molecule has 0 aliphatic carbocycles. The molecule has 0 heterocycles. The first-order valence-corrected chi connectivity index (χ1v) is 6.59. The van der Waals surface area contributed by atoms with Crippen LogP contribution in [0.5, 0.6) is 11.5 Å². The van der Waals surface area contributed by atoms with Gasteiger partial charge >= 0.3 is 0 Å². The number of phenols is 1. The minimum Gasteiger partial charge on any atom is -0.504 e. The number of nitrogens with zero attached hydrogens (tertiary/aromatic N) is 1. The van der Waals surface area contributed by atoms with Crippen LogP contribution in [0.1, 0.15) is 25.8 Å². The molecule has 5 nitrogen and oxygen atoms in total. The topological polar surface area (TPSA) is 65.9 Å². The van der Waals surface area contributed by atoms with E-state index in [-0.39, 0.29) is 29.7 Å². The van der Waals surface area contributed by atoms with Crippen molar-refractivity contribution in [2.75, 3.05) is 20.2 Å². The minimum absolute atomic E-state index is 0. The number of methoxy groups -OCH3 is 1. The van der Waals surface area contributed by atoms with Crippen molar-refractivity contribution >= 4 is 29.9 Å². The number of halogens is 1. The fourth-order valence-corrected chi connectivity index (χ4v) is 1.59. The standard InChI is InChI=1S/C14H23N3O2.HI/c1-4-8-16-14(15-5-2)17-10-11-6-7-13(19-3)12(18)9-11;/h6-7,9,18H,4-5,8,10H2,1-3H3,(H2,15,16,17);1H. The zero-order valence-corrected chi connectivity index (χ0v) is 14.6. The van der Waals surface area contributed by atoms with E-state index in [2.05, 4.69) is 22.5 Å². The highest BCUT2D eigenvalue weighted by molar-refractivity contribution is 14.0. The smallest absolute Gasteiger partial charge is 0.191 e. The predicted molar refractivity (Wildman–Crippen MR) is 93.2 cm³/mol. The summed E-state index contributed by atoms with van der Waals surface area (Å²) in [5.74, 6) is 1.41. The van der Waals surface area contributed by atoms with Gasteiger partial charge in [0.2, 0.25) is 0 Å². The highest BCUT2D eigenvalue weighted by Crippen LogP contribution is 2.26. The molecule has 0 atom stereocenters. The number of hydrogen-bond acceptors (Lipinski definition) is 3. The van der Waals surface area contributed by atoms with Crippen molar-refractivity contribution in [3.05, 3.63) is 23.8 Å². The average Bonchev–Trinajstić information content (AvgIpc) is 2.42. The Kier molecular flexibility index (Phi) is 9.96. The number of guanidine groups is 1.